The Morgan fingerprint density at radius 2 is 1.87 bits per heavy atom. The molecule has 31 heavy (non-hydrogen) atoms. The van der Waals surface area contributed by atoms with E-state index in [1.807, 2.05) is 0 Å². The van der Waals surface area contributed by atoms with Crippen molar-refractivity contribution in [3.8, 4) is 0 Å². The van der Waals surface area contributed by atoms with Crippen LogP contribution in [-0.2, 0) is 0 Å². The number of hydrogen-bond donors (Lipinski definition) is 2. The van der Waals surface area contributed by atoms with Crippen molar-refractivity contribution in [2.75, 3.05) is 0 Å². The Labute approximate surface area is 191 Å². The van der Waals surface area contributed by atoms with Crippen LogP contribution in [0.2, 0.25) is 0 Å². The summed E-state index contributed by atoms with van der Waals surface area (Å²) in [4.78, 5) is 0. The van der Waals surface area contributed by atoms with E-state index in [2.05, 4.69) is 47.3 Å². The average Bonchev–Trinajstić information content (AvgIpc) is 3.09. The summed E-state index contributed by atoms with van der Waals surface area (Å²) in [5, 5.41) is 21.2. The van der Waals surface area contributed by atoms with Crippen LogP contribution >= 0.6 is 0 Å². The molecule has 3 saturated carbocycles. The van der Waals surface area contributed by atoms with Gasteiger partial charge in [0.05, 0.1) is 11.7 Å². The fourth-order valence-electron chi connectivity index (χ4n) is 8.90. The Morgan fingerprint density at radius 3 is 2.55 bits per heavy atom. The Morgan fingerprint density at radius 1 is 1.13 bits per heavy atom. The summed E-state index contributed by atoms with van der Waals surface area (Å²) in [7, 11) is 0. The number of allylic oxidation sites excluding steroid dienone is 1. The van der Waals surface area contributed by atoms with Crippen LogP contribution in [0.1, 0.15) is 98.8 Å². The van der Waals surface area contributed by atoms with Gasteiger partial charge < -0.3 is 10.2 Å². The average molecular weight is 429 g/mol. The lowest BCUT2D eigenvalue weighted by Crippen LogP contribution is -2.50. The lowest BCUT2D eigenvalue weighted by atomic mass is 9.47. The van der Waals surface area contributed by atoms with Gasteiger partial charge in [-0.1, -0.05) is 52.3 Å². The van der Waals surface area contributed by atoms with Crippen LogP contribution in [0.25, 0.3) is 0 Å². The van der Waals surface area contributed by atoms with Gasteiger partial charge in [0.15, 0.2) is 0 Å². The van der Waals surface area contributed by atoms with E-state index in [1.54, 1.807) is 11.6 Å². The van der Waals surface area contributed by atoms with E-state index in [0.717, 1.165) is 49.4 Å². The third-order valence-electron chi connectivity index (χ3n) is 11.2. The third-order valence-corrected chi connectivity index (χ3v) is 11.2. The molecule has 0 saturated heterocycles. The van der Waals surface area contributed by atoms with Gasteiger partial charge in [0.1, 0.15) is 0 Å². The fourth-order valence-corrected chi connectivity index (χ4v) is 8.90. The first-order valence-electron chi connectivity index (χ1n) is 13.3. The van der Waals surface area contributed by atoms with E-state index in [-0.39, 0.29) is 12.0 Å². The van der Waals surface area contributed by atoms with Crippen LogP contribution in [0.4, 0.5) is 0 Å². The lowest BCUT2D eigenvalue weighted by molar-refractivity contribution is -0.0590. The molecule has 4 rings (SSSR count). The zero-order chi connectivity index (χ0) is 22.6. The number of rotatable bonds is 6. The van der Waals surface area contributed by atoms with Gasteiger partial charge >= 0.3 is 0 Å². The predicted octanol–water partition coefficient (Wildman–Crippen LogP) is 6.92. The van der Waals surface area contributed by atoms with Crippen molar-refractivity contribution in [2.24, 2.45) is 46.3 Å². The van der Waals surface area contributed by atoms with Crippen molar-refractivity contribution in [1.29, 1.82) is 0 Å². The maximum atomic E-state index is 11.0. The molecular formula is C29H48O2. The maximum Gasteiger partial charge on any atom is 0.0847 e. The second-order valence-electron chi connectivity index (χ2n) is 12.8. The van der Waals surface area contributed by atoms with Crippen molar-refractivity contribution in [2.45, 2.75) is 111 Å². The molecule has 0 aromatic carbocycles. The number of hydrogen-bond acceptors (Lipinski definition) is 2. The van der Waals surface area contributed by atoms with Gasteiger partial charge in [0.2, 0.25) is 0 Å². The standard InChI is InChI=1S/C29H48O2/c1-7-29(31,19(2)3)17-12-20(4)24-10-11-25-23-9-8-21-18-22(30)13-15-27(21,5)26(23)14-16-28(24,25)6/h7-8,19-20,22-26,30-31H,1,9-18H2,2-6H3/t20-,22+,23-,24-,25-,26-,27+,28-,29-/m1/s1. The van der Waals surface area contributed by atoms with Gasteiger partial charge in [-0.05, 0) is 111 Å². The number of aliphatic hydroxyl groups excluding tert-OH is 1. The topological polar surface area (TPSA) is 40.5 Å². The molecular weight excluding hydrogens is 380 g/mol. The Balaban J connectivity index is 1.49. The van der Waals surface area contributed by atoms with Crippen LogP contribution in [0.15, 0.2) is 24.3 Å². The highest BCUT2D eigenvalue weighted by Crippen LogP contribution is 2.67. The Bertz CT molecular complexity index is 710. The maximum absolute atomic E-state index is 11.0. The summed E-state index contributed by atoms with van der Waals surface area (Å²) in [6, 6.07) is 0. The molecule has 0 heterocycles. The molecule has 176 valence electrons. The normalized spacial score (nSPS) is 45.2. The summed E-state index contributed by atoms with van der Waals surface area (Å²) in [6.07, 6.45) is 16.0. The molecule has 0 aromatic heterocycles. The second kappa shape index (κ2) is 8.32. The minimum absolute atomic E-state index is 0.110. The minimum atomic E-state index is -0.727. The summed E-state index contributed by atoms with van der Waals surface area (Å²) in [5.41, 5.74) is 1.65. The van der Waals surface area contributed by atoms with Gasteiger partial charge in [-0.15, -0.1) is 6.58 Å². The van der Waals surface area contributed by atoms with Crippen molar-refractivity contribution in [3.05, 3.63) is 24.3 Å². The van der Waals surface area contributed by atoms with Crippen LogP contribution in [0.3, 0.4) is 0 Å². The van der Waals surface area contributed by atoms with Crippen LogP contribution in [-0.4, -0.2) is 21.9 Å². The molecule has 0 aliphatic heterocycles. The molecule has 0 spiro atoms. The fraction of sp³-hybridized carbons (Fsp3) is 0.862. The highest BCUT2D eigenvalue weighted by Gasteiger charge is 2.59. The van der Waals surface area contributed by atoms with E-state index >= 15 is 0 Å². The highest BCUT2D eigenvalue weighted by atomic mass is 16.3. The highest BCUT2D eigenvalue weighted by molar-refractivity contribution is 5.25. The first-order valence-corrected chi connectivity index (χ1v) is 13.3. The summed E-state index contributed by atoms with van der Waals surface area (Å²) < 4.78 is 0. The van der Waals surface area contributed by atoms with E-state index in [4.69, 9.17) is 0 Å². The van der Waals surface area contributed by atoms with Crippen LogP contribution in [0, 0.1) is 46.3 Å². The molecule has 0 aromatic rings. The van der Waals surface area contributed by atoms with Crippen molar-refractivity contribution in [1.82, 2.24) is 0 Å². The SMILES string of the molecule is C=C[C@@](O)(CC[C@@H](C)[C@H]1CC[C@@H]2[C@H]3CC=C4C[C@@H](O)CC[C@]4(C)[C@@H]3CC[C@@]21C)C(C)C. The van der Waals surface area contributed by atoms with Crippen LogP contribution < -0.4 is 0 Å². The van der Waals surface area contributed by atoms with E-state index in [9.17, 15) is 10.2 Å². The number of aliphatic hydroxyl groups is 2. The van der Waals surface area contributed by atoms with E-state index in [1.165, 1.54) is 38.5 Å². The molecule has 2 heteroatoms. The zero-order valence-corrected chi connectivity index (χ0v) is 20.9. The zero-order valence-electron chi connectivity index (χ0n) is 20.9. The summed E-state index contributed by atoms with van der Waals surface area (Å²) in [6.45, 7) is 15.7. The molecule has 2 N–H and O–H groups in total. The molecule has 0 amide bonds. The van der Waals surface area contributed by atoms with E-state index in [0.29, 0.717) is 16.7 Å². The first-order chi connectivity index (χ1) is 14.5. The first kappa shape index (κ1) is 23.6. The van der Waals surface area contributed by atoms with Crippen molar-refractivity contribution >= 4 is 0 Å². The summed E-state index contributed by atoms with van der Waals surface area (Å²) in [5.74, 6) is 4.17. The largest absolute Gasteiger partial charge is 0.393 e. The van der Waals surface area contributed by atoms with Gasteiger partial charge in [-0.2, -0.15) is 0 Å². The molecule has 4 aliphatic rings. The quantitative estimate of drug-likeness (QED) is 0.451. The molecule has 2 nitrogen and oxygen atoms in total. The molecule has 3 fully saturated rings. The Kier molecular flexibility index (Phi) is 6.32. The molecule has 4 aliphatic carbocycles. The number of fused-ring (bicyclic) bond motifs is 5. The molecule has 9 atom stereocenters. The van der Waals surface area contributed by atoms with E-state index < -0.39 is 5.60 Å². The monoisotopic (exact) mass is 428 g/mol. The van der Waals surface area contributed by atoms with Crippen molar-refractivity contribution < 1.29 is 10.2 Å². The lowest BCUT2D eigenvalue weighted by Gasteiger charge is -2.58. The van der Waals surface area contributed by atoms with Crippen molar-refractivity contribution in [3.63, 3.8) is 0 Å². The molecule has 0 radical (unpaired) electrons. The van der Waals surface area contributed by atoms with Gasteiger partial charge in [-0.3, -0.25) is 0 Å². The predicted molar refractivity (Wildman–Crippen MR) is 130 cm³/mol. The minimum Gasteiger partial charge on any atom is -0.393 e. The van der Waals surface area contributed by atoms with Gasteiger partial charge in [0, 0.05) is 0 Å². The van der Waals surface area contributed by atoms with Gasteiger partial charge in [-0.25, -0.2) is 0 Å². The summed E-state index contributed by atoms with van der Waals surface area (Å²) >= 11 is 0. The smallest absolute Gasteiger partial charge is 0.0847 e. The Hall–Kier alpha value is -0.600. The van der Waals surface area contributed by atoms with Gasteiger partial charge in [0.25, 0.3) is 0 Å². The molecule has 0 bridgehead atoms. The second-order valence-corrected chi connectivity index (χ2v) is 12.8. The molecule has 0 unspecified atom stereocenters. The van der Waals surface area contributed by atoms with Crippen LogP contribution in [0.5, 0.6) is 0 Å². The third kappa shape index (κ3) is 3.78.